The third-order valence-corrected chi connectivity index (χ3v) is 6.70. The molecule has 0 atom stereocenters. The molecule has 0 bridgehead atoms. The van der Waals surface area contributed by atoms with Gasteiger partial charge in [-0.25, -0.2) is 8.42 Å². The van der Waals surface area contributed by atoms with Crippen LogP contribution in [-0.4, -0.2) is 63.8 Å². The summed E-state index contributed by atoms with van der Waals surface area (Å²) in [6.45, 7) is 6.77. The van der Waals surface area contributed by atoms with E-state index in [0.29, 0.717) is 25.2 Å². The number of sulfonamides is 1. The van der Waals surface area contributed by atoms with Crippen LogP contribution in [0.25, 0.3) is 0 Å². The van der Waals surface area contributed by atoms with Crippen LogP contribution in [0.3, 0.4) is 0 Å². The first kappa shape index (κ1) is 21.9. The molecule has 27 heavy (non-hydrogen) atoms. The molecule has 1 fully saturated rings. The van der Waals surface area contributed by atoms with Crippen LogP contribution in [0.5, 0.6) is 0 Å². The largest absolute Gasteiger partial charge is 0.351 e. The average molecular weight is 396 g/mol. The maximum Gasteiger partial charge on any atom is 0.251 e. The van der Waals surface area contributed by atoms with Gasteiger partial charge in [0.25, 0.3) is 5.91 Å². The summed E-state index contributed by atoms with van der Waals surface area (Å²) in [5, 5.41) is 2.95. The topological polar surface area (TPSA) is 69.7 Å². The van der Waals surface area contributed by atoms with E-state index in [1.807, 2.05) is 14.1 Å². The van der Waals surface area contributed by atoms with Gasteiger partial charge in [-0.2, -0.15) is 4.31 Å². The van der Waals surface area contributed by atoms with Crippen molar-refractivity contribution in [2.45, 2.75) is 44.4 Å². The van der Waals surface area contributed by atoms with E-state index in [9.17, 15) is 13.2 Å². The Hall–Kier alpha value is -1.44. The molecule has 7 heteroatoms. The lowest BCUT2D eigenvalue weighted by Crippen LogP contribution is -2.40. The van der Waals surface area contributed by atoms with Crippen molar-refractivity contribution in [1.82, 2.24) is 14.5 Å². The minimum atomic E-state index is -3.48. The van der Waals surface area contributed by atoms with Crippen LogP contribution in [0.15, 0.2) is 29.2 Å². The van der Waals surface area contributed by atoms with E-state index in [1.54, 1.807) is 28.6 Å². The smallest absolute Gasteiger partial charge is 0.251 e. The summed E-state index contributed by atoms with van der Waals surface area (Å²) in [6.07, 6.45) is 3.97. The molecule has 6 nitrogen and oxygen atoms in total. The van der Waals surface area contributed by atoms with E-state index in [-0.39, 0.29) is 16.2 Å². The first-order chi connectivity index (χ1) is 12.6. The molecule has 0 spiro atoms. The Bertz CT molecular complexity index is 719. The number of rotatable bonds is 7. The highest BCUT2D eigenvalue weighted by Crippen LogP contribution is 2.21. The highest BCUT2D eigenvalue weighted by molar-refractivity contribution is 7.89. The van der Waals surface area contributed by atoms with Crippen LogP contribution < -0.4 is 5.32 Å². The molecular formula is C20H33N3O3S. The number of nitrogens with zero attached hydrogens (tertiary/aromatic N) is 2. The van der Waals surface area contributed by atoms with Gasteiger partial charge in [0.15, 0.2) is 0 Å². The van der Waals surface area contributed by atoms with Crippen LogP contribution in [0.2, 0.25) is 0 Å². The van der Waals surface area contributed by atoms with Gasteiger partial charge in [0, 0.05) is 31.7 Å². The molecule has 2 rings (SSSR count). The van der Waals surface area contributed by atoms with Crippen molar-refractivity contribution in [2.24, 2.45) is 5.41 Å². The summed E-state index contributed by atoms with van der Waals surface area (Å²) in [7, 11) is 0.533. The van der Waals surface area contributed by atoms with Crippen LogP contribution in [0, 0.1) is 5.41 Å². The molecule has 1 aliphatic rings. The zero-order valence-electron chi connectivity index (χ0n) is 17.0. The Labute approximate surface area is 164 Å². The quantitative estimate of drug-likeness (QED) is 0.770. The second kappa shape index (κ2) is 9.17. The Morgan fingerprint density at radius 3 is 2.15 bits per heavy atom. The van der Waals surface area contributed by atoms with Gasteiger partial charge in [0.1, 0.15) is 0 Å². The zero-order valence-corrected chi connectivity index (χ0v) is 17.8. The normalized spacial score (nSPS) is 16.9. The Morgan fingerprint density at radius 1 is 1.07 bits per heavy atom. The molecule has 1 N–H and O–H groups in total. The van der Waals surface area contributed by atoms with E-state index in [4.69, 9.17) is 0 Å². The Kier molecular flexibility index (Phi) is 7.42. The molecule has 152 valence electrons. The van der Waals surface area contributed by atoms with Gasteiger partial charge in [-0.05, 0) is 56.6 Å². The Balaban J connectivity index is 2.02. The molecule has 1 aliphatic heterocycles. The average Bonchev–Trinajstić information content (AvgIpc) is 2.89. The van der Waals surface area contributed by atoms with Gasteiger partial charge in [-0.1, -0.05) is 26.7 Å². The number of benzene rings is 1. The van der Waals surface area contributed by atoms with E-state index < -0.39 is 10.0 Å². The molecule has 0 saturated carbocycles. The predicted molar refractivity (Wildman–Crippen MR) is 108 cm³/mol. The standard InChI is InChI=1S/C20H33N3O3S/c1-20(2,16-22(3)4)15-21-19(24)17-9-11-18(12-10-17)27(25,26)23-13-7-5-6-8-14-23/h9-12H,5-8,13-16H2,1-4H3,(H,21,24). The van der Waals surface area contributed by atoms with Crippen LogP contribution in [0.4, 0.5) is 0 Å². The van der Waals surface area contributed by atoms with Crippen LogP contribution in [0.1, 0.15) is 49.9 Å². The lowest BCUT2D eigenvalue weighted by Gasteiger charge is -2.28. The minimum absolute atomic E-state index is 0.0464. The fourth-order valence-electron chi connectivity index (χ4n) is 3.54. The molecule has 0 unspecified atom stereocenters. The van der Waals surface area contributed by atoms with Gasteiger partial charge >= 0.3 is 0 Å². The van der Waals surface area contributed by atoms with Crippen molar-refractivity contribution in [3.05, 3.63) is 29.8 Å². The summed E-state index contributed by atoms with van der Waals surface area (Å²) in [5.41, 5.74) is 0.431. The third kappa shape index (κ3) is 6.30. The van der Waals surface area contributed by atoms with Crippen LogP contribution >= 0.6 is 0 Å². The zero-order chi connectivity index (χ0) is 20.1. The van der Waals surface area contributed by atoms with E-state index in [0.717, 1.165) is 32.2 Å². The highest BCUT2D eigenvalue weighted by atomic mass is 32.2. The van der Waals surface area contributed by atoms with Crippen molar-refractivity contribution in [1.29, 1.82) is 0 Å². The molecule has 1 saturated heterocycles. The molecule has 0 radical (unpaired) electrons. The third-order valence-electron chi connectivity index (χ3n) is 4.79. The van der Waals surface area contributed by atoms with E-state index in [2.05, 4.69) is 24.1 Å². The monoisotopic (exact) mass is 395 g/mol. The van der Waals surface area contributed by atoms with Crippen molar-refractivity contribution in [2.75, 3.05) is 40.3 Å². The fraction of sp³-hybridized carbons (Fsp3) is 0.650. The predicted octanol–water partition coefficient (Wildman–Crippen LogP) is 2.57. The van der Waals surface area contributed by atoms with Crippen molar-refractivity contribution in [3.63, 3.8) is 0 Å². The summed E-state index contributed by atoms with van der Waals surface area (Å²) in [5.74, 6) is -0.180. The summed E-state index contributed by atoms with van der Waals surface area (Å²) < 4.78 is 27.2. The second-order valence-electron chi connectivity index (χ2n) is 8.43. The number of hydrogen-bond acceptors (Lipinski definition) is 4. The van der Waals surface area contributed by atoms with Crippen molar-refractivity contribution >= 4 is 15.9 Å². The lowest BCUT2D eigenvalue weighted by molar-refractivity contribution is 0.0929. The molecular weight excluding hydrogens is 362 g/mol. The molecule has 1 aromatic carbocycles. The van der Waals surface area contributed by atoms with Gasteiger partial charge < -0.3 is 10.2 Å². The summed E-state index contributed by atoms with van der Waals surface area (Å²) in [6, 6.07) is 6.28. The second-order valence-corrected chi connectivity index (χ2v) is 10.4. The lowest BCUT2D eigenvalue weighted by atomic mass is 9.93. The number of hydrogen-bond donors (Lipinski definition) is 1. The summed E-state index contributed by atoms with van der Waals surface area (Å²) >= 11 is 0. The Morgan fingerprint density at radius 2 is 1.63 bits per heavy atom. The molecule has 1 amide bonds. The first-order valence-electron chi connectivity index (χ1n) is 9.65. The van der Waals surface area contributed by atoms with E-state index in [1.165, 1.54) is 0 Å². The molecule has 1 heterocycles. The number of nitrogens with one attached hydrogen (secondary N) is 1. The van der Waals surface area contributed by atoms with E-state index >= 15 is 0 Å². The molecule has 0 aromatic heterocycles. The number of carbonyl (C=O) groups excluding carboxylic acids is 1. The van der Waals surface area contributed by atoms with Gasteiger partial charge in [0.2, 0.25) is 10.0 Å². The first-order valence-corrected chi connectivity index (χ1v) is 11.1. The SMILES string of the molecule is CN(C)CC(C)(C)CNC(=O)c1ccc(S(=O)(=O)N2CCCCCC2)cc1. The number of amides is 1. The highest BCUT2D eigenvalue weighted by Gasteiger charge is 2.25. The van der Waals surface area contributed by atoms with Gasteiger partial charge in [-0.15, -0.1) is 0 Å². The summed E-state index contributed by atoms with van der Waals surface area (Å²) in [4.78, 5) is 14.8. The maximum absolute atomic E-state index is 12.8. The fourth-order valence-corrected chi connectivity index (χ4v) is 5.06. The molecule has 1 aromatic rings. The van der Waals surface area contributed by atoms with Crippen LogP contribution in [-0.2, 0) is 10.0 Å². The number of carbonyl (C=O) groups is 1. The molecule has 0 aliphatic carbocycles. The van der Waals surface area contributed by atoms with Gasteiger partial charge in [0.05, 0.1) is 4.90 Å². The van der Waals surface area contributed by atoms with Crippen molar-refractivity contribution < 1.29 is 13.2 Å². The van der Waals surface area contributed by atoms with Gasteiger partial charge in [-0.3, -0.25) is 4.79 Å². The van der Waals surface area contributed by atoms with Crippen molar-refractivity contribution in [3.8, 4) is 0 Å². The minimum Gasteiger partial charge on any atom is -0.351 e. The maximum atomic E-state index is 12.8.